The van der Waals surface area contributed by atoms with Gasteiger partial charge in [0, 0.05) is 31.9 Å². The van der Waals surface area contributed by atoms with Crippen molar-refractivity contribution in [2.75, 3.05) is 50.6 Å². The molecule has 0 aliphatic carbocycles. The minimum absolute atomic E-state index is 0.00368. The van der Waals surface area contributed by atoms with Crippen molar-refractivity contribution in [2.45, 2.75) is 0 Å². The number of benzene rings is 2. The van der Waals surface area contributed by atoms with Gasteiger partial charge in [-0.05, 0) is 30.3 Å². The second-order valence-corrected chi connectivity index (χ2v) is 6.81. The van der Waals surface area contributed by atoms with E-state index in [0.29, 0.717) is 26.2 Å². The van der Waals surface area contributed by atoms with E-state index in [1.165, 1.54) is 37.3 Å². The van der Waals surface area contributed by atoms with Crippen molar-refractivity contribution in [3.63, 3.8) is 0 Å². The topological polar surface area (TPSA) is 105 Å². The first-order valence-electron chi connectivity index (χ1n) is 9.65. The molecule has 0 atom stereocenters. The molecule has 1 saturated heterocycles. The van der Waals surface area contributed by atoms with Gasteiger partial charge in [-0.1, -0.05) is 18.2 Å². The average molecular weight is 425 g/mol. The van der Waals surface area contributed by atoms with Crippen molar-refractivity contribution < 1.29 is 28.7 Å². The molecule has 31 heavy (non-hydrogen) atoms. The third kappa shape index (κ3) is 5.00. The van der Waals surface area contributed by atoms with E-state index in [1.54, 1.807) is 0 Å². The van der Waals surface area contributed by atoms with Crippen LogP contribution >= 0.6 is 0 Å². The van der Waals surface area contributed by atoms with E-state index in [-0.39, 0.29) is 16.8 Å². The number of carbonyl (C=O) groups is 4. The molecule has 0 saturated carbocycles. The summed E-state index contributed by atoms with van der Waals surface area (Å²) in [6.07, 6.45) is 0. The van der Waals surface area contributed by atoms with E-state index in [9.17, 15) is 19.2 Å². The van der Waals surface area contributed by atoms with Crippen molar-refractivity contribution in [1.29, 1.82) is 0 Å². The summed E-state index contributed by atoms with van der Waals surface area (Å²) in [5, 5.41) is 2.43. The van der Waals surface area contributed by atoms with Gasteiger partial charge in [-0.25, -0.2) is 9.59 Å². The molecule has 9 heteroatoms. The van der Waals surface area contributed by atoms with Crippen molar-refractivity contribution in [2.24, 2.45) is 0 Å². The summed E-state index contributed by atoms with van der Waals surface area (Å²) < 4.78 is 9.37. The Morgan fingerprint density at radius 2 is 1.48 bits per heavy atom. The lowest BCUT2D eigenvalue weighted by Crippen LogP contribution is -2.51. The molecule has 1 aliphatic rings. The van der Waals surface area contributed by atoms with E-state index in [0.717, 1.165) is 5.69 Å². The molecule has 1 heterocycles. The van der Waals surface area contributed by atoms with Crippen LogP contribution in [0.2, 0.25) is 0 Å². The molecule has 9 nitrogen and oxygen atoms in total. The first-order valence-corrected chi connectivity index (χ1v) is 9.65. The first kappa shape index (κ1) is 21.8. The van der Waals surface area contributed by atoms with Crippen LogP contribution in [0.1, 0.15) is 20.7 Å². The highest BCUT2D eigenvalue weighted by Gasteiger charge is 2.27. The molecule has 1 aliphatic heterocycles. The lowest BCUT2D eigenvalue weighted by Gasteiger charge is -2.35. The van der Waals surface area contributed by atoms with Gasteiger partial charge >= 0.3 is 23.8 Å². The Morgan fingerprint density at radius 1 is 0.839 bits per heavy atom. The van der Waals surface area contributed by atoms with Gasteiger partial charge in [0.05, 0.1) is 31.0 Å². The van der Waals surface area contributed by atoms with E-state index in [2.05, 4.69) is 15.0 Å². The van der Waals surface area contributed by atoms with Gasteiger partial charge in [0.15, 0.2) is 0 Å². The molecule has 2 aromatic rings. The minimum atomic E-state index is -0.902. The van der Waals surface area contributed by atoms with Gasteiger partial charge in [-0.15, -0.1) is 0 Å². The lowest BCUT2D eigenvalue weighted by atomic mass is 10.1. The Labute approximate surface area is 179 Å². The summed E-state index contributed by atoms with van der Waals surface area (Å²) in [6, 6.07) is 13.8. The zero-order valence-electron chi connectivity index (χ0n) is 17.3. The number of rotatable bonds is 4. The highest BCUT2D eigenvalue weighted by Crippen LogP contribution is 2.20. The van der Waals surface area contributed by atoms with Crippen LogP contribution in [-0.2, 0) is 19.1 Å². The van der Waals surface area contributed by atoms with E-state index >= 15 is 0 Å². The molecular formula is C22H23N3O6. The monoisotopic (exact) mass is 425 g/mol. The Hall–Kier alpha value is -3.88. The Balaban J connectivity index is 1.70. The number of para-hydroxylation sites is 1. The molecule has 0 bridgehead atoms. The van der Waals surface area contributed by atoms with Crippen LogP contribution in [-0.4, -0.2) is 69.1 Å². The maximum absolute atomic E-state index is 12.7. The number of methoxy groups -OCH3 is 2. The normalized spacial score (nSPS) is 13.4. The number of ether oxygens (including phenoxy) is 2. The van der Waals surface area contributed by atoms with Crippen LogP contribution < -0.4 is 10.2 Å². The molecular weight excluding hydrogens is 402 g/mol. The molecule has 0 unspecified atom stereocenters. The van der Waals surface area contributed by atoms with Crippen LogP contribution in [0, 0.1) is 0 Å². The van der Waals surface area contributed by atoms with Crippen molar-refractivity contribution in [3.8, 4) is 0 Å². The van der Waals surface area contributed by atoms with E-state index < -0.39 is 23.8 Å². The van der Waals surface area contributed by atoms with Crippen LogP contribution in [0.15, 0.2) is 48.5 Å². The third-order valence-electron chi connectivity index (χ3n) is 4.98. The third-order valence-corrected chi connectivity index (χ3v) is 4.98. The fraction of sp³-hybridized carbons (Fsp3) is 0.273. The number of esters is 2. The summed E-state index contributed by atoms with van der Waals surface area (Å²) >= 11 is 0. The summed E-state index contributed by atoms with van der Waals surface area (Å²) in [5.74, 6) is -2.97. The number of hydrogen-bond acceptors (Lipinski definition) is 7. The molecule has 2 amide bonds. The maximum atomic E-state index is 12.7. The van der Waals surface area contributed by atoms with Crippen LogP contribution in [0.5, 0.6) is 0 Å². The fourth-order valence-corrected chi connectivity index (χ4v) is 3.31. The van der Waals surface area contributed by atoms with Gasteiger partial charge < -0.3 is 24.6 Å². The predicted octanol–water partition coefficient (Wildman–Crippen LogP) is 1.55. The molecule has 2 aromatic carbocycles. The summed E-state index contributed by atoms with van der Waals surface area (Å²) in [5.41, 5.74) is 1.19. The number of amides is 2. The number of piperazine rings is 1. The van der Waals surface area contributed by atoms with Gasteiger partial charge in [-0.2, -0.15) is 0 Å². The highest BCUT2D eigenvalue weighted by molar-refractivity contribution is 6.40. The van der Waals surface area contributed by atoms with Gasteiger partial charge in [-0.3, -0.25) is 9.59 Å². The van der Waals surface area contributed by atoms with Crippen molar-refractivity contribution in [1.82, 2.24) is 4.90 Å². The predicted molar refractivity (Wildman–Crippen MR) is 113 cm³/mol. The zero-order valence-corrected chi connectivity index (χ0v) is 17.3. The quantitative estimate of drug-likeness (QED) is 0.585. The number of anilines is 2. The molecule has 0 radical (unpaired) electrons. The zero-order chi connectivity index (χ0) is 22.4. The molecule has 162 valence electrons. The number of hydrogen-bond donors (Lipinski definition) is 1. The highest BCUT2D eigenvalue weighted by atomic mass is 16.5. The summed E-state index contributed by atoms with van der Waals surface area (Å²) in [6.45, 7) is 1.95. The number of carbonyl (C=O) groups excluding carboxylic acids is 4. The Kier molecular flexibility index (Phi) is 6.86. The number of nitrogens with one attached hydrogen (secondary N) is 1. The largest absolute Gasteiger partial charge is 0.465 e. The second kappa shape index (κ2) is 9.75. The SMILES string of the molecule is COC(=O)c1ccc(C(=O)OC)c(NC(=O)C(=O)N2CCN(c3ccccc3)CC2)c1. The molecule has 1 fully saturated rings. The minimum Gasteiger partial charge on any atom is -0.465 e. The van der Waals surface area contributed by atoms with Gasteiger partial charge in [0.2, 0.25) is 0 Å². The average Bonchev–Trinajstić information content (AvgIpc) is 2.83. The van der Waals surface area contributed by atoms with Gasteiger partial charge in [0.1, 0.15) is 0 Å². The molecule has 1 N–H and O–H groups in total. The fourth-order valence-electron chi connectivity index (χ4n) is 3.31. The van der Waals surface area contributed by atoms with Crippen LogP contribution in [0.4, 0.5) is 11.4 Å². The van der Waals surface area contributed by atoms with Crippen LogP contribution in [0.3, 0.4) is 0 Å². The van der Waals surface area contributed by atoms with Gasteiger partial charge in [0.25, 0.3) is 0 Å². The van der Waals surface area contributed by atoms with Crippen LogP contribution in [0.25, 0.3) is 0 Å². The Bertz CT molecular complexity index is 984. The standard InChI is InChI=1S/C22H23N3O6/c1-30-21(28)15-8-9-17(22(29)31-2)18(14-15)23-19(26)20(27)25-12-10-24(11-13-25)16-6-4-3-5-7-16/h3-9,14H,10-13H2,1-2H3,(H,23,26). The second-order valence-electron chi connectivity index (χ2n) is 6.81. The molecule has 3 rings (SSSR count). The summed E-state index contributed by atoms with van der Waals surface area (Å²) in [7, 11) is 2.41. The lowest BCUT2D eigenvalue weighted by molar-refractivity contribution is -0.143. The smallest absolute Gasteiger partial charge is 0.339 e. The molecule has 0 spiro atoms. The van der Waals surface area contributed by atoms with E-state index in [4.69, 9.17) is 4.74 Å². The first-order chi connectivity index (χ1) is 14.9. The Morgan fingerprint density at radius 3 is 2.10 bits per heavy atom. The maximum Gasteiger partial charge on any atom is 0.339 e. The van der Waals surface area contributed by atoms with Crippen molar-refractivity contribution in [3.05, 3.63) is 59.7 Å². The van der Waals surface area contributed by atoms with E-state index in [1.807, 2.05) is 30.3 Å². The number of nitrogens with zero attached hydrogens (tertiary/aromatic N) is 2. The van der Waals surface area contributed by atoms with Crippen molar-refractivity contribution >= 4 is 35.1 Å². The molecule has 0 aromatic heterocycles. The summed E-state index contributed by atoms with van der Waals surface area (Å²) in [4.78, 5) is 52.7.